The van der Waals surface area contributed by atoms with Crippen molar-refractivity contribution in [2.24, 2.45) is 32.9 Å². The van der Waals surface area contributed by atoms with Gasteiger partial charge in [0, 0.05) is 19.0 Å². The number of carbonyl (C=O) groups is 3. The van der Waals surface area contributed by atoms with Gasteiger partial charge in [0.05, 0.1) is 16.3 Å². The zero-order valence-corrected chi connectivity index (χ0v) is 27.1. The van der Waals surface area contributed by atoms with Gasteiger partial charge in [0.15, 0.2) is 16.9 Å². The highest BCUT2D eigenvalue weighted by molar-refractivity contribution is 7.20. The summed E-state index contributed by atoms with van der Waals surface area (Å²) in [5.41, 5.74) is 26.9. The summed E-state index contributed by atoms with van der Waals surface area (Å²) in [4.78, 5) is 53.1. The molecule has 0 bridgehead atoms. The summed E-state index contributed by atoms with van der Waals surface area (Å²) >= 11 is 1.24. The first kappa shape index (κ1) is 33.9. The first-order valence-corrected chi connectivity index (χ1v) is 16.5. The monoisotopic (exact) mass is 669 g/mol. The average Bonchev–Trinajstić information content (AvgIpc) is 3.65. The van der Waals surface area contributed by atoms with Crippen molar-refractivity contribution in [3.05, 3.63) is 88.9 Å². The topological polar surface area (TPSA) is 226 Å². The van der Waals surface area contributed by atoms with E-state index in [1.165, 1.54) is 11.3 Å². The number of thiazole rings is 1. The molecule has 1 heterocycles. The molecular formula is C34H39N9O4S. The van der Waals surface area contributed by atoms with E-state index in [0.29, 0.717) is 18.4 Å². The van der Waals surface area contributed by atoms with Crippen LogP contribution >= 0.6 is 11.3 Å². The van der Waals surface area contributed by atoms with Crippen LogP contribution in [0.3, 0.4) is 0 Å². The lowest BCUT2D eigenvalue weighted by molar-refractivity contribution is -0.123. The maximum absolute atomic E-state index is 13.8. The van der Waals surface area contributed by atoms with Crippen LogP contribution in [0.25, 0.3) is 21.3 Å². The van der Waals surface area contributed by atoms with E-state index in [1.54, 1.807) is 0 Å². The Hall–Kier alpha value is -5.50. The molecule has 0 aliphatic heterocycles. The smallest absolute Gasteiger partial charge is 0.407 e. The molecule has 250 valence electrons. The number of nitrogens with zero attached hydrogens (tertiary/aromatic N) is 3. The number of hydrogen-bond donors (Lipinski definition) is 6. The minimum absolute atomic E-state index is 0.0683. The molecule has 3 aromatic carbocycles. The summed E-state index contributed by atoms with van der Waals surface area (Å²) < 4.78 is 6.56. The van der Waals surface area contributed by atoms with Gasteiger partial charge in [0.2, 0.25) is 11.7 Å². The Balaban J connectivity index is 1.30. The van der Waals surface area contributed by atoms with Crippen LogP contribution in [0.4, 0.5) is 4.79 Å². The van der Waals surface area contributed by atoms with Crippen LogP contribution in [0.15, 0.2) is 82.8 Å². The molecule has 10 N–H and O–H groups in total. The summed E-state index contributed by atoms with van der Waals surface area (Å²) in [6, 6.07) is 21.4. The normalized spacial score (nSPS) is 13.1. The van der Waals surface area contributed by atoms with E-state index in [1.807, 2.05) is 60.7 Å². The molecule has 0 spiro atoms. The molecule has 0 radical (unpaired) electrons. The molecule has 5 rings (SSSR count). The summed E-state index contributed by atoms with van der Waals surface area (Å²) in [6.45, 7) is 0.582. The van der Waals surface area contributed by atoms with Crippen molar-refractivity contribution in [3.63, 3.8) is 0 Å². The number of alkyl carbamates (subject to hydrolysis) is 1. The van der Waals surface area contributed by atoms with Gasteiger partial charge in [-0.15, -0.1) is 11.3 Å². The number of hydrogen-bond acceptors (Lipinski definition) is 8. The van der Waals surface area contributed by atoms with Crippen LogP contribution in [-0.4, -0.2) is 66.5 Å². The number of Topliss-reactive ketones (excluding diaryl/α,β-unsaturated/α-hetero) is 1. The minimum Gasteiger partial charge on any atom is -0.449 e. The summed E-state index contributed by atoms with van der Waals surface area (Å²) in [6.07, 6.45) is 0.446. The Bertz CT molecular complexity index is 1750. The third-order valence-electron chi connectivity index (χ3n) is 7.98. The Morgan fingerprint density at radius 2 is 1.33 bits per heavy atom. The predicted octanol–water partition coefficient (Wildman–Crippen LogP) is 2.98. The standard InChI is InChI=1S/C34H39N9O4S/c35-32(36)39-17-7-14-26(29(44)31-42-25-13-5-6-16-28(25)48-31)41-30(45)27(15-8-18-40-33(37)38)43-34(46)47-19-24-22-11-3-1-9-20(22)21-10-2-4-12-23(21)24/h1-6,9-13,16,24,26-27H,7-8,14-15,17-19H2,(H,41,45)(H,43,46)(H4,35,36,39)(H4,37,38,40)/t26-,27-/m0/s1. The van der Waals surface area contributed by atoms with Crippen molar-refractivity contribution in [2.75, 3.05) is 19.7 Å². The van der Waals surface area contributed by atoms with E-state index in [2.05, 4.69) is 37.7 Å². The van der Waals surface area contributed by atoms with Gasteiger partial charge >= 0.3 is 6.09 Å². The molecule has 1 aliphatic rings. The van der Waals surface area contributed by atoms with E-state index >= 15 is 0 Å². The van der Waals surface area contributed by atoms with E-state index in [-0.39, 0.29) is 61.2 Å². The number of carbonyl (C=O) groups excluding carboxylic acids is 3. The Morgan fingerprint density at radius 3 is 1.94 bits per heavy atom. The van der Waals surface area contributed by atoms with Gasteiger partial charge in [-0.25, -0.2) is 9.78 Å². The molecule has 2 atom stereocenters. The average molecular weight is 670 g/mol. The number of rotatable bonds is 15. The first-order chi connectivity index (χ1) is 23.2. The van der Waals surface area contributed by atoms with Crippen LogP contribution in [0.2, 0.25) is 0 Å². The van der Waals surface area contributed by atoms with Crippen LogP contribution in [-0.2, 0) is 9.53 Å². The van der Waals surface area contributed by atoms with Crippen LogP contribution in [0, 0.1) is 0 Å². The number of ketones is 1. The molecule has 4 aromatic rings. The van der Waals surface area contributed by atoms with Crippen LogP contribution in [0.1, 0.15) is 52.5 Å². The number of amides is 2. The number of fused-ring (bicyclic) bond motifs is 4. The maximum atomic E-state index is 13.8. The fourth-order valence-corrected chi connectivity index (χ4v) is 6.69. The Kier molecular flexibility index (Phi) is 11.2. The second-order valence-corrected chi connectivity index (χ2v) is 12.4. The van der Waals surface area contributed by atoms with E-state index in [9.17, 15) is 14.4 Å². The zero-order valence-electron chi connectivity index (χ0n) is 26.3. The minimum atomic E-state index is -1.04. The number of ether oxygens (including phenoxy) is 1. The molecule has 14 heteroatoms. The van der Waals surface area contributed by atoms with Crippen LogP contribution in [0.5, 0.6) is 0 Å². The number of aliphatic imine (C=N–C) groups is 2. The van der Waals surface area contributed by atoms with Gasteiger partial charge in [0.1, 0.15) is 12.6 Å². The molecule has 13 nitrogen and oxygen atoms in total. The van der Waals surface area contributed by atoms with Gasteiger partial charge in [-0.1, -0.05) is 60.7 Å². The summed E-state index contributed by atoms with van der Waals surface area (Å²) in [7, 11) is 0. The van der Waals surface area contributed by atoms with Gasteiger partial charge in [-0.3, -0.25) is 19.6 Å². The highest BCUT2D eigenvalue weighted by Crippen LogP contribution is 2.44. The summed E-state index contributed by atoms with van der Waals surface area (Å²) in [5, 5.41) is 5.80. The maximum Gasteiger partial charge on any atom is 0.407 e. The number of para-hydroxylation sites is 1. The van der Waals surface area contributed by atoms with Gasteiger partial charge in [-0.05, 0) is 60.1 Å². The molecule has 2 amide bonds. The number of aromatic nitrogens is 1. The number of guanidine groups is 2. The van der Waals surface area contributed by atoms with Crippen molar-refractivity contribution in [3.8, 4) is 11.1 Å². The fraction of sp³-hybridized carbons (Fsp3) is 0.294. The third kappa shape index (κ3) is 8.45. The lowest BCUT2D eigenvalue weighted by Gasteiger charge is -2.23. The molecule has 0 unspecified atom stereocenters. The van der Waals surface area contributed by atoms with Crippen LogP contribution < -0.4 is 33.6 Å². The molecule has 48 heavy (non-hydrogen) atoms. The summed E-state index contributed by atoms with van der Waals surface area (Å²) in [5.74, 6) is -1.22. The van der Waals surface area contributed by atoms with E-state index < -0.39 is 24.1 Å². The molecule has 1 aromatic heterocycles. The van der Waals surface area contributed by atoms with Crippen molar-refractivity contribution in [1.82, 2.24) is 15.6 Å². The molecule has 0 saturated carbocycles. The lowest BCUT2D eigenvalue weighted by atomic mass is 9.98. The fourth-order valence-electron chi connectivity index (χ4n) is 5.73. The van der Waals surface area contributed by atoms with Crippen molar-refractivity contribution in [1.29, 1.82) is 0 Å². The predicted molar refractivity (Wildman–Crippen MR) is 188 cm³/mol. The van der Waals surface area contributed by atoms with Gasteiger partial charge in [0.25, 0.3) is 0 Å². The molecule has 0 fully saturated rings. The number of nitrogens with two attached hydrogens (primary N) is 4. The van der Waals surface area contributed by atoms with Crippen molar-refractivity contribution < 1.29 is 19.1 Å². The lowest BCUT2D eigenvalue weighted by Crippen LogP contribution is -2.52. The third-order valence-corrected chi connectivity index (χ3v) is 9.03. The number of nitrogens with one attached hydrogen (secondary N) is 2. The van der Waals surface area contributed by atoms with E-state index in [0.717, 1.165) is 27.0 Å². The Labute approximate surface area is 281 Å². The van der Waals surface area contributed by atoms with E-state index in [4.69, 9.17) is 27.7 Å². The quantitative estimate of drug-likeness (QED) is 0.0473. The molecule has 1 aliphatic carbocycles. The highest BCUT2D eigenvalue weighted by atomic mass is 32.1. The van der Waals surface area contributed by atoms with Gasteiger partial charge < -0.3 is 38.3 Å². The largest absolute Gasteiger partial charge is 0.449 e. The highest BCUT2D eigenvalue weighted by Gasteiger charge is 2.31. The molecular weight excluding hydrogens is 631 g/mol. The Morgan fingerprint density at radius 1 is 0.771 bits per heavy atom. The first-order valence-electron chi connectivity index (χ1n) is 15.6. The second-order valence-electron chi connectivity index (χ2n) is 11.3. The second kappa shape index (κ2) is 15.9. The van der Waals surface area contributed by atoms with Crippen molar-refractivity contribution >= 4 is 51.3 Å². The van der Waals surface area contributed by atoms with Crippen molar-refractivity contribution in [2.45, 2.75) is 43.7 Å². The van der Waals surface area contributed by atoms with Gasteiger partial charge in [-0.2, -0.15) is 0 Å². The number of benzene rings is 3. The zero-order chi connectivity index (χ0) is 34.0. The molecule has 0 saturated heterocycles. The SMILES string of the molecule is NC(N)=NCCC[C@H](NC(=O)OCC1c2ccccc2-c2ccccc21)C(=O)N[C@@H](CCCN=C(N)N)C(=O)c1nc2ccccc2s1.